The summed E-state index contributed by atoms with van der Waals surface area (Å²) in [5.41, 5.74) is 4.31. The summed E-state index contributed by atoms with van der Waals surface area (Å²) in [6, 6.07) is 8.86. The fraction of sp³-hybridized carbons (Fsp3) is 0.357. The van der Waals surface area contributed by atoms with Gasteiger partial charge >= 0.3 is 18.0 Å². The number of aliphatic hydroxyl groups excluding tert-OH is 1. The van der Waals surface area contributed by atoms with Crippen LogP contribution >= 0.6 is 15.9 Å². The lowest BCUT2D eigenvalue weighted by Crippen LogP contribution is -2.45. The van der Waals surface area contributed by atoms with Gasteiger partial charge in [0.1, 0.15) is 12.4 Å². The van der Waals surface area contributed by atoms with Crippen LogP contribution in [0.3, 0.4) is 0 Å². The summed E-state index contributed by atoms with van der Waals surface area (Å²) in [4.78, 5) is 36.2. The molecule has 0 aliphatic carbocycles. The molecule has 1 heterocycles. The predicted molar refractivity (Wildman–Crippen MR) is 155 cm³/mol. The van der Waals surface area contributed by atoms with Gasteiger partial charge in [0.2, 0.25) is 0 Å². The highest BCUT2D eigenvalue weighted by atomic mass is 79.9. The van der Waals surface area contributed by atoms with Crippen molar-refractivity contribution in [3.05, 3.63) is 63.3 Å². The zero-order chi connectivity index (χ0) is 30.6. The van der Waals surface area contributed by atoms with E-state index in [0.29, 0.717) is 40.7 Å². The molecule has 1 aliphatic heterocycles. The zero-order valence-corrected chi connectivity index (χ0v) is 25.1. The van der Waals surface area contributed by atoms with Crippen LogP contribution in [0.5, 0.6) is 17.2 Å². The Bertz CT molecular complexity index is 1350. The highest BCUT2D eigenvalue weighted by molar-refractivity contribution is 9.10. The molecule has 0 aromatic heterocycles. The second kappa shape index (κ2) is 15.6. The Morgan fingerprint density at radius 2 is 1.86 bits per heavy atom. The van der Waals surface area contributed by atoms with Gasteiger partial charge in [-0.05, 0) is 56.7 Å². The summed E-state index contributed by atoms with van der Waals surface area (Å²) in [5.74, 6) is -0.0112. The smallest absolute Gasteiger partial charge is 0.344 e. The van der Waals surface area contributed by atoms with Gasteiger partial charge < -0.3 is 39.4 Å². The van der Waals surface area contributed by atoms with Gasteiger partial charge in [0.05, 0.1) is 38.2 Å². The van der Waals surface area contributed by atoms with Crippen molar-refractivity contribution in [3.63, 3.8) is 0 Å². The summed E-state index contributed by atoms with van der Waals surface area (Å²) in [6.45, 7) is 5.23. The van der Waals surface area contributed by atoms with E-state index in [-0.39, 0.29) is 25.4 Å². The Kier molecular flexibility index (Phi) is 12.0. The quantitative estimate of drug-likeness (QED) is 0.104. The molecule has 42 heavy (non-hydrogen) atoms. The van der Waals surface area contributed by atoms with Crippen molar-refractivity contribution in [2.75, 3.05) is 33.5 Å². The van der Waals surface area contributed by atoms with Crippen LogP contribution in [-0.2, 0) is 19.1 Å². The van der Waals surface area contributed by atoms with Crippen LogP contribution in [0.25, 0.3) is 0 Å². The van der Waals surface area contributed by atoms with Crippen LogP contribution in [0, 0.1) is 0 Å². The first-order chi connectivity index (χ1) is 20.2. The van der Waals surface area contributed by atoms with Crippen molar-refractivity contribution in [3.8, 4) is 17.2 Å². The second-order valence-corrected chi connectivity index (χ2v) is 9.61. The van der Waals surface area contributed by atoms with Crippen LogP contribution in [0.4, 0.5) is 4.79 Å². The van der Waals surface area contributed by atoms with Crippen molar-refractivity contribution in [1.82, 2.24) is 16.1 Å². The number of hydrazone groups is 1. The molecule has 0 fully saturated rings. The standard InChI is InChI=1S/C28H33BrN4O9/c1-5-39-22-12-17(26-25(27(36)38-4)16(3)31-28(37)32-26)7-9-21(22)41-14-23(34)33-30-13-18-11-19(29)8-10-20(18)42-15-24(35)40-6-2/h7-13,23,26,33-34H,5-6,14-15H2,1-4H3,(H2,31,32,37)/b30-13+/t23-,26-/m0/s1. The first-order valence-electron chi connectivity index (χ1n) is 13.0. The topological polar surface area (TPSA) is 166 Å². The molecule has 2 atom stereocenters. The van der Waals surface area contributed by atoms with E-state index in [1.165, 1.54) is 13.3 Å². The molecule has 0 spiro atoms. The Hall–Kier alpha value is -4.30. The number of urea groups is 1. The molecule has 2 aromatic carbocycles. The van der Waals surface area contributed by atoms with E-state index in [9.17, 15) is 19.5 Å². The maximum Gasteiger partial charge on any atom is 0.344 e. The van der Waals surface area contributed by atoms with Crippen molar-refractivity contribution in [1.29, 1.82) is 0 Å². The minimum Gasteiger partial charge on any atom is -0.490 e. The van der Waals surface area contributed by atoms with E-state index in [1.807, 2.05) is 0 Å². The third-order valence-electron chi connectivity index (χ3n) is 5.72. The van der Waals surface area contributed by atoms with E-state index >= 15 is 0 Å². The molecule has 3 rings (SSSR count). The minimum absolute atomic E-state index is 0.196. The zero-order valence-electron chi connectivity index (χ0n) is 23.6. The summed E-state index contributed by atoms with van der Waals surface area (Å²) in [7, 11) is 1.26. The van der Waals surface area contributed by atoms with Gasteiger partial charge in [-0.15, -0.1) is 0 Å². The number of rotatable bonds is 14. The SMILES string of the molecule is CCOC(=O)COc1ccc(Br)cc1/C=N/N[C@@H](O)COc1ccc([C@@H]2NC(=O)NC(C)=C2C(=O)OC)cc1OCC. The molecular weight excluding hydrogens is 616 g/mol. The summed E-state index contributed by atoms with van der Waals surface area (Å²) >= 11 is 3.38. The van der Waals surface area contributed by atoms with E-state index in [1.54, 1.807) is 57.2 Å². The molecule has 4 N–H and O–H groups in total. The van der Waals surface area contributed by atoms with Crippen molar-refractivity contribution in [2.24, 2.45) is 5.10 Å². The van der Waals surface area contributed by atoms with Crippen molar-refractivity contribution in [2.45, 2.75) is 33.0 Å². The molecule has 2 aromatic rings. The Morgan fingerprint density at radius 1 is 1.10 bits per heavy atom. The lowest BCUT2D eigenvalue weighted by molar-refractivity contribution is -0.145. The molecule has 1 aliphatic rings. The van der Waals surface area contributed by atoms with E-state index in [0.717, 1.165) is 4.47 Å². The number of nitrogens with one attached hydrogen (secondary N) is 3. The maximum absolute atomic E-state index is 12.4. The van der Waals surface area contributed by atoms with Crippen molar-refractivity contribution >= 4 is 40.1 Å². The number of benzene rings is 2. The van der Waals surface area contributed by atoms with Gasteiger partial charge in [-0.25, -0.2) is 14.4 Å². The largest absolute Gasteiger partial charge is 0.490 e. The molecule has 0 unspecified atom stereocenters. The molecule has 2 amide bonds. The monoisotopic (exact) mass is 648 g/mol. The number of hydrogen-bond acceptors (Lipinski definition) is 11. The number of ether oxygens (including phenoxy) is 5. The Labute approximate surface area is 251 Å². The number of amides is 2. The molecule has 0 radical (unpaired) electrons. The lowest BCUT2D eigenvalue weighted by atomic mass is 9.95. The van der Waals surface area contributed by atoms with E-state index in [4.69, 9.17) is 23.7 Å². The van der Waals surface area contributed by atoms with Crippen LogP contribution in [0.15, 0.2) is 57.2 Å². The molecular formula is C28H33BrN4O9. The number of methoxy groups -OCH3 is 1. The molecule has 0 saturated carbocycles. The molecule has 0 saturated heterocycles. The van der Waals surface area contributed by atoms with E-state index in [2.05, 4.69) is 37.1 Å². The third-order valence-corrected chi connectivity index (χ3v) is 6.22. The normalized spacial score (nSPS) is 15.4. The first kappa shape index (κ1) is 32.2. The molecule has 14 heteroatoms. The lowest BCUT2D eigenvalue weighted by Gasteiger charge is -2.28. The van der Waals surface area contributed by atoms with E-state index < -0.39 is 30.2 Å². The van der Waals surface area contributed by atoms with Gasteiger partial charge in [-0.2, -0.15) is 5.10 Å². The van der Waals surface area contributed by atoms with Gasteiger partial charge in [-0.1, -0.05) is 22.0 Å². The third kappa shape index (κ3) is 8.85. The highest BCUT2D eigenvalue weighted by Gasteiger charge is 2.32. The number of carbonyl (C=O) groups excluding carboxylic acids is 3. The number of allylic oxidation sites excluding steroid dienone is 1. The molecule has 226 valence electrons. The number of carbonyl (C=O) groups is 3. The fourth-order valence-corrected chi connectivity index (χ4v) is 4.28. The van der Waals surface area contributed by atoms with Gasteiger partial charge in [0.25, 0.3) is 0 Å². The number of nitrogens with zero attached hydrogens (tertiary/aromatic N) is 1. The van der Waals surface area contributed by atoms with Crippen LogP contribution in [0.2, 0.25) is 0 Å². The number of esters is 2. The fourth-order valence-electron chi connectivity index (χ4n) is 3.91. The number of hydrogen-bond donors (Lipinski definition) is 4. The van der Waals surface area contributed by atoms with Crippen molar-refractivity contribution < 1.29 is 43.2 Å². The van der Waals surface area contributed by atoms with Gasteiger partial charge in [0, 0.05) is 15.7 Å². The maximum atomic E-state index is 12.4. The van der Waals surface area contributed by atoms with Crippen LogP contribution in [-0.4, -0.2) is 69.1 Å². The summed E-state index contributed by atoms with van der Waals surface area (Å²) < 4.78 is 27.6. The predicted octanol–water partition coefficient (Wildman–Crippen LogP) is 2.91. The molecule has 0 bridgehead atoms. The first-order valence-corrected chi connectivity index (χ1v) is 13.8. The number of halogens is 1. The van der Waals surface area contributed by atoms with Gasteiger partial charge in [0.15, 0.2) is 24.3 Å². The van der Waals surface area contributed by atoms with Crippen LogP contribution < -0.4 is 30.3 Å². The van der Waals surface area contributed by atoms with Gasteiger partial charge in [-0.3, -0.25) is 5.43 Å². The summed E-state index contributed by atoms with van der Waals surface area (Å²) in [5, 5.41) is 19.8. The summed E-state index contributed by atoms with van der Waals surface area (Å²) in [6.07, 6.45) is 0.225. The minimum atomic E-state index is -1.20. The second-order valence-electron chi connectivity index (χ2n) is 8.69. The average molecular weight is 649 g/mol. The Balaban J connectivity index is 1.67. The average Bonchev–Trinajstić information content (AvgIpc) is 2.95. The number of aliphatic hydroxyl groups is 1. The Morgan fingerprint density at radius 3 is 2.57 bits per heavy atom. The van der Waals surface area contributed by atoms with Crippen LogP contribution in [0.1, 0.15) is 37.9 Å². The highest BCUT2D eigenvalue weighted by Crippen LogP contribution is 2.35. The molecule has 13 nitrogen and oxygen atoms in total.